The topological polar surface area (TPSA) is 44.3 Å². The number of hydrogen-bond acceptors (Lipinski definition) is 5. The van der Waals surface area contributed by atoms with Crippen LogP contribution in [0.1, 0.15) is 11.3 Å². The van der Waals surface area contributed by atoms with Gasteiger partial charge in [0.05, 0.1) is 12.2 Å². The second kappa shape index (κ2) is 6.33. The summed E-state index contributed by atoms with van der Waals surface area (Å²) in [5.74, 6) is 1.06. The third kappa shape index (κ3) is 2.56. The van der Waals surface area contributed by atoms with Gasteiger partial charge in [0.1, 0.15) is 12.1 Å². The molecule has 3 heterocycles. The van der Waals surface area contributed by atoms with Gasteiger partial charge in [-0.05, 0) is 17.9 Å². The van der Waals surface area contributed by atoms with Crippen molar-refractivity contribution < 1.29 is 0 Å². The zero-order valence-corrected chi connectivity index (χ0v) is 14.6. The van der Waals surface area contributed by atoms with Gasteiger partial charge < -0.3 is 15.1 Å². The van der Waals surface area contributed by atoms with E-state index in [2.05, 4.69) is 73.7 Å². The summed E-state index contributed by atoms with van der Waals surface area (Å²) < 4.78 is 0. The van der Waals surface area contributed by atoms with E-state index in [4.69, 9.17) is 0 Å². The number of nitrogens with zero attached hydrogens (tertiary/aromatic N) is 4. The highest BCUT2D eigenvalue weighted by Gasteiger charge is 2.24. The third-order valence-electron chi connectivity index (χ3n) is 5.23. The van der Waals surface area contributed by atoms with Crippen LogP contribution in [0.25, 0.3) is 10.8 Å². The molecular weight excluding hydrogens is 322 g/mol. The molecule has 0 spiro atoms. The third-order valence-corrected chi connectivity index (χ3v) is 5.23. The fraction of sp³-hybridized carbons (Fsp3) is 0.238. The molecule has 0 aliphatic carbocycles. The lowest BCUT2D eigenvalue weighted by Crippen LogP contribution is -2.36. The first-order valence-corrected chi connectivity index (χ1v) is 9.12. The van der Waals surface area contributed by atoms with Crippen LogP contribution in [-0.2, 0) is 13.0 Å². The molecule has 0 saturated heterocycles. The molecule has 0 radical (unpaired) electrons. The maximum absolute atomic E-state index is 4.61. The van der Waals surface area contributed by atoms with E-state index >= 15 is 0 Å². The van der Waals surface area contributed by atoms with Crippen LogP contribution in [0.5, 0.6) is 0 Å². The molecule has 3 aromatic rings. The average Bonchev–Trinajstić information content (AvgIpc) is 2.73. The largest absolute Gasteiger partial charge is 0.388 e. The highest BCUT2D eigenvalue weighted by atomic mass is 15.2. The van der Waals surface area contributed by atoms with Crippen LogP contribution in [0.15, 0.2) is 61.2 Å². The van der Waals surface area contributed by atoms with Crippen LogP contribution in [0, 0.1) is 0 Å². The van der Waals surface area contributed by atoms with Gasteiger partial charge in [-0.3, -0.25) is 0 Å². The first kappa shape index (κ1) is 15.2. The summed E-state index contributed by atoms with van der Waals surface area (Å²) in [6, 6.07) is 15.1. The molecule has 2 aliphatic heterocycles. The Morgan fingerprint density at radius 1 is 0.962 bits per heavy atom. The second-order valence-electron chi connectivity index (χ2n) is 6.76. The van der Waals surface area contributed by atoms with Gasteiger partial charge in [-0.25, -0.2) is 9.97 Å². The summed E-state index contributed by atoms with van der Waals surface area (Å²) >= 11 is 0. The van der Waals surface area contributed by atoms with Gasteiger partial charge in [-0.2, -0.15) is 0 Å². The van der Waals surface area contributed by atoms with Crippen LogP contribution in [0.4, 0.5) is 11.5 Å². The van der Waals surface area contributed by atoms with Crippen molar-refractivity contribution in [2.24, 2.45) is 0 Å². The minimum atomic E-state index is 0.828. The normalized spacial score (nSPS) is 16.5. The Bertz CT molecular complexity index is 976. The van der Waals surface area contributed by atoms with E-state index in [1.165, 1.54) is 22.0 Å². The molecule has 0 saturated carbocycles. The standard InChI is InChI=1S/C21H21N5/c1-2-6-17-16(4-1)5-3-7-20(17)26-11-8-18-19(14-26)23-15-24-21(18)25-12-9-22-10-13-25/h1-7,9,12,15,22H,8,10-11,13-14H2. The predicted octanol–water partition coefficient (Wildman–Crippen LogP) is 3.07. The van der Waals surface area contributed by atoms with Crippen molar-refractivity contribution >= 4 is 22.3 Å². The summed E-state index contributed by atoms with van der Waals surface area (Å²) in [7, 11) is 0. The van der Waals surface area contributed by atoms with Gasteiger partial charge in [-0.15, -0.1) is 0 Å². The minimum Gasteiger partial charge on any atom is -0.388 e. The second-order valence-corrected chi connectivity index (χ2v) is 6.76. The molecule has 0 bridgehead atoms. The summed E-state index contributed by atoms with van der Waals surface area (Å²) in [6.45, 7) is 3.69. The van der Waals surface area contributed by atoms with Crippen molar-refractivity contribution in [2.45, 2.75) is 13.0 Å². The highest BCUT2D eigenvalue weighted by molar-refractivity contribution is 5.94. The average molecular weight is 343 g/mol. The van der Waals surface area contributed by atoms with Crippen molar-refractivity contribution in [3.63, 3.8) is 0 Å². The molecule has 0 fully saturated rings. The first-order valence-electron chi connectivity index (χ1n) is 9.12. The molecule has 0 unspecified atom stereocenters. The molecule has 0 amide bonds. The van der Waals surface area contributed by atoms with E-state index in [-0.39, 0.29) is 0 Å². The Morgan fingerprint density at radius 2 is 1.88 bits per heavy atom. The van der Waals surface area contributed by atoms with E-state index in [0.29, 0.717) is 0 Å². The van der Waals surface area contributed by atoms with Crippen molar-refractivity contribution in [1.29, 1.82) is 0 Å². The van der Waals surface area contributed by atoms with Crippen LogP contribution in [0.2, 0.25) is 0 Å². The number of anilines is 2. The first-order chi connectivity index (χ1) is 12.9. The van der Waals surface area contributed by atoms with E-state index < -0.39 is 0 Å². The number of fused-ring (bicyclic) bond motifs is 2. The molecule has 5 heteroatoms. The minimum absolute atomic E-state index is 0.828. The summed E-state index contributed by atoms with van der Waals surface area (Å²) in [4.78, 5) is 13.9. The fourth-order valence-electron chi connectivity index (χ4n) is 3.94. The van der Waals surface area contributed by atoms with E-state index in [0.717, 1.165) is 44.1 Å². The molecule has 130 valence electrons. The fourth-order valence-corrected chi connectivity index (χ4v) is 3.94. The summed E-state index contributed by atoms with van der Waals surface area (Å²) in [6.07, 6.45) is 6.73. The Labute approximate surface area is 153 Å². The van der Waals surface area contributed by atoms with Gasteiger partial charge in [0.25, 0.3) is 0 Å². The smallest absolute Gasteiger partial charge is 0.139 e. The number of aromatic nitrogens is 2. The lowest BCUT2D eigenvalue weighted by atomic mass is 10.0. The predicted molar refractivity (Wildman–Crippen MR) is 105 cm³/mol. The molecule has 26 heavy (non-hydrogen) atoms. The monoisotopic (exact) mass is 343 g/mol. The summed E-state index contributed by atoms with van der Waals surface area (Å²) in [5.41, 5.74) is 3.72. The van der Waals surface area contributed by atoms with Crippen molar-refractivity contribution in [1.82, 2.24) is 15.3 Å². The molecule has 2 aromatic carbocycles. The maximum atomic E-state index is 4.61. The number of rotatable bonds is 2. The van der Waals surface area contributed by atoms with E-state index in [1.807, 2.05) is 6.20 Å². The zero-order chi connectivity index (χ0) is 17.3. The molecule has 1 aromatic heterocycles. The number of nitrogens with one attached hydrogen (secondary N) is 1. The lowest BCUT2D eigenvalue weighted by molar-refractivity contribution is 0.694. The van der Waals surface area contributed by atoms with Gasteiger partial charge in [0.2, 0.25) is 0 Å². The van der Waals surface area contributed by atoms with Crippen molar-refractivity contribution in [2.75, 3.05) is 29.4 Å². The molecule has 0 atom stereocenters. The van der Waals surface area contributed by atoms with E-state index in [1.54, 1.807) is 6.33 Å². The highest BCUT2D eigenvalue weighted by Crippen LogP contribution is 2.32. The molecular formula is C21H21N5. The molecule has 5 rings (SSSR count). The molecule has 5 nitrogen and oxygen atoms in total. The number of hydrogen-bond donors (Lipinski definition) is 1. The SMILES string of the molecule is C1=CN(c2ncnc3c2CCN(c2cccc4ccccc24)C3)CCN1. The maximum Gasteiger partial charge on any atom is 0.139 e. The van der Waals surface area contributed by atoms with Gasteiger partial charge >= 0.3 is 0 Å². The Balaban J connectivity index is 1.51. The van der Waals surface area contributed by atoms with Crippen molar-refractivity contribution in [3.8, 4) is 0 Å². The Morgan fingerprint density at radius 3 is 2.81 bits per heavy atom. The van der Waals surface area contributed by atoms with Crippen LogP contribution in [-0.4, -0.2) is 29.6 Å². The van der Waals surface area contributed by atoms with Crippen molar-refractivity contribution in [3.05, 3.63) is 72.4 Å². The van der Waals surface area contributed by atoms with E-state index in [9.17, 15) is 0 Å². The number of benzene rings is 2. The zero-order valence-electron chi connectivity index (χ0n) is 14.6. The summed E-state index contributed by atoms with van der Waals surface area (Å²) in [5, 5.41) is 5.82. The van der Waals surface area contributed by atoms with Crippen LogP contribution >= 0.6 is 0 Å². The quantitative estimate of drug-likeness (QED) is 0.775. The van der Waals surface area contributed by atoms with Gasteiger partial charge in [0.15, 0.2) is 0 Å². The van der Waals surface area contributed by atoms with Gasteiger partial charge in [0, 0.05) is 48.7 Å². The van der Waals surface area contributed by atoms with Gasteiger partial charge in [-0.1, -0.05) is 36.4 Å². The molecule has 1 N–H and O–H groups in total. The van der Waals surface area contributed by atoms with Crippen LogP contribution in [0.3, 0.4) is 0 Å². The molecule has 2 aliphatic rings. The van der Waals surface area contributed by atoms with Crippen LogP contribution < -0.4 is 15.1 Å². The lowest BCUT2D eigenvalue weighted by Gasteiger charge is -2.33. The Hall–Kier alpha value is -3.08. The Kier molecular flexibility index (Phi) is 3.70.